The van der Waals surface area contributed by atoms with E-state index in [1.807, 2.05) is 13.0 Å². The van der Waals surface area contributed by atoms with Crippen LogP contribution >= 0.6 is 0 Å². The van der Waals surface area contributed by atoms with Crippen molar-refractivity contribution in [1.82, 2.24) is 0 Å². The third kappa shape index (κ3) is 4.66. The summed E-state index contributed by atoms with van der Waals surface area (Å²) in [5.41, 5.74) is 9.75. The highest BCUT2D eigenvalue weighted by Crippen LogP contribution is 2.45. The van der Waals surface area contributed by atoms with Crippen molar-refractivity contribution in [2.45, 2.75) is 76.9 Å². The van der Waals surface area contributed by atoms with Crippen molar-refractivity contribution in [1.29, 1.82) is 0 Å². The van der Waals surface area contributed by atoms with Crippen molar-refractivity contribution < 1.29 is 9.13 Å². The van der Waals surface area contributed by atoms with Gasteiger partial charge in [0.2, 0.25) is 0 Å². The highest BCUT2D eigenvalue weighted by Gasteiger charge is 2.36. The van der Waals surface area contributed by atoms with Gasteiger partial charge in [-0.2, -0.15) is 0 Å². The van der Waals surface area contributed by atoms with Crippen molar-refractivity contribution in [3.8, 4) is 5.75 Å². The van der Waals surface area contributed by atoms with Gasteiger partial charge in [0.1, 0.15) is 17.7 Å². The van der Waals surface area contributed by atoms with Crippen LogP contribution in [0.2, 0.25) is 0 Å². The number of hydrogen-bond donors (Lipinski definition) is 1. The van der Waals surface area contributed by atoms with E-state index < -0.39 is 0 Å². The van der Waals surface area contributed by atoms with E-state index in [4.69, 9.17) is 10.5 Å². The van der Waals surface area contributed by atoms with Crippen LogP contribution in [0.3, 0.4) is 0 Å². The molecule has 0 spiro atoms. The lowest BCUT2D eigenvalue weighted by molar-refractivity contribution is 0.0667. The van der Waals surface area contributed by atoms with Gasteiger partial charge in [0.15, 0.2) is 0 Å². The second kappa shape index (κ2) is 9.30. The minimum Gasteiger partial charge on any atom is -0.485 e. The van der Waals surface area contributed by atoms with E-state index >= 15 is 0 Å². The van der Waals surface area contributed by atoms with Gasteiger partial charge in [-0.1, -0.05) is 50.5 Å². The fraction of sp³-hybridized carbons (Fsp3) is 0.538. The topological polar surface area (TPSA) is 35.2 Å². The molecule has 0 aliphatic heterocycles. The summed E-state index contributed by atoms with van der Waals surface area (Å²) in [4.78, 5) is 0. The minimum atomic E-state index is -0.144. The maximum absolute atomic E-state index is 14.0. The normalized spacial score (nSPS) is 27.6. The van der Waals surface area contributed by atoms with Crippen LogP contribution in [0.5, 0.6) is 5.75 Å². The molecule has 4 rings (SSSR count). The molecule has 3 heteroatoms. The average Bonchev–Trinajstić information content (AvgIpc) is 2.73. The number of nitrogens with two attached hydrogens (primary N) is 1. The molecule has 1 saturated carbocycles. The summed E-state index contributed by atoms with van der Waals surface area (Å²) in [6.07, 6.45) is 10.2. The van der Waals surface area contributed by atoms with E-state index in [1.54, 1.807) is 12.1 Å². The van der Waals surface area contributed by atoms with Crippen LogP contribution in [-0.4, -0.2) is 6.04 Å². The van der Waals surface area contributed by atoms with Crippen molar-refractivity contribution in [3.63, 3.8) is 0 Å². The maximum Gasteiger partial charge on any atom is 0.127 e. The van der Waals surface area contributed by atoms with Crippen molar-refractivity contribution >= 4 is 0 Å². The molecule has 2 nitrogen and oxygen atoms in total. The van der Waals surface area contributed by atoms with Crippen molar-refractivity contribution in [2.24, 2.45) is 17.6 Å². The summed E-state index contributed by atoms with van der Waals surface area (Å²) in [7, 11) is 0. The lowest BCUT2D eigenvalue weighted by Gasteiger charge is -2.39. The molecule has 0 bridgehead atoms. The molecule has 0 amide bonds. The summed E-state index contributed by atoms with van der Waals surface area (Å²) in [5.74, 6) is 1.78. The second-order valence-electron chi connectivity index (χ2n) is 8.93. The van der Waals surface area contributed by atoms with Crippen LogP contribution in [0, 0.1) is 17.7 Å². The van der Waals surface area contributed by atoms with Crippen molar-refractivity contribution in [3.05, 3.63) is 65.0 Å². The van der Waals surface area contributed by atoms with Crippen LogP contribution < -0.4 is 10.5 Å². The first-order valence-corrected chi connectivity index (χ1v) is 11.4. The van der Waals surface area contributed by atoms with E-state index in [9.17, 15) is 4.39 Å². The molecule has 0 radical (unpaired) electrons. The van der Waals surface area contributed by atoms with Gasteiger partial charge < -0.3 is 10.5 Å². The third-order valence-electron chi connectivity index (χ3n) is 7.07. The fourth-order valence-corrected chi connectivity index (χ4v) is 5.38. The van der Waals surface area contributed by atoms with Gasteiger partial charge >= 0.3 is 0 Å². The number of fused-ring (bicyclic) bond motifs is 1. The molecule has 4 unspecified atom stereocenters. The average molecular weight is 396 g/mol. The zero-order chi connectivity index (χ0) is 20.2. The molecule has 0 heterocycles. The number of halogens is 1. The van der Waals surface area contributed by atoms with Crippen molar-refractivity contribution in [2.75, 3.05) is 0 Å². The number of benzene rings is 2. The number of ether oxygens (including phenoxy) is 1. The van der Waals surface area contributed by atoms with Gasteiger partial charge in [-0.05, 0) is 79.3 Å². The van der Waals surface area contributed by atoms with Gasteiger partial charge in [0.25, 0.3) is 0 Å². The Kier molecular flexibility index (Phi) is 6.54. The molecule has 2 aliphatic rings. The molecule has 4 atom stereocenters. The molecule has 29 heavy (non-hydrogen) atoms. The van der Waals surface area contributed by atoms with Gasteiger partial charge in [-0.15, -0.1) is 0 Å². The summed E-state index contributed by atoms with van der Waals surface area (Å²) >= 11 is 0. The Morgan fingerprint density at radius 2 is 1.83 bits per heavy atom. The van der Waals surface area contributed by atoms with Crippen LogP contribution in [-0.2, 0) is 12.8 Å². The molecule has 0 saturated heterocycles. The molecule has 2 aliphatic carbocycles. The Morgan fingerprint density at radius 1 is 1.00 bits per heavy atom. The molecule has 2 N–H and O–H groups in total. The highest BCUT2D eigenvalue weighted by atomic mass is 19.1. The largest absolute Gasteiger partial charge is 0.485 e. The highest BCUT2D eigenvalue weighted by molar-refractivity contribution is 5.35. The monoisotopic (exact) mass is 395 g/mol. The first kappa shape index (κ1) is 20.4. The lowest BCUT2D eigenvalue weighted by atomic mass is 9.71. The number of aryl methyl sites for hydroxylation is 2. The van der Waals surface area contributed by atoms with Gasteiger partial charge in [-0.25, -0.2) is 4.39 Å². The Hall–Kier alpha value is -1.87. The predicted molar refractivity (Wildman–Crippen MR) is 117 cm³/mol. The van der Waals surface area contributed by atoms with E-state index in [0.717, 1.165) is 37.0 Å². The molecule has 2 aromatic rings. The summed E-state index contributed by atoms with van der Waals surface area (Å²) in [6, 6.07) is 14.3. The number of rotatable bonds is 4. The molecule has 156 valence electrons. The van der Waals surface area contributed by atoms with Gasteiger partial charge in [0, 0.05) is 12.0 Å². The summed E-state index contributed by atoms with van der Waals surface area (Å²) < 4.78 is 20.7. The van der Waals surface area contributed by atoms with E-state index in [0.29, 0.717) is 24.3 Å². The minimum absolute atomic E-state index is 0.0377. The standard InChI is InChI=1S/C26H34FNO/c1-2-18-17-22(14-16-25(18)27)29-26-23-10-6-4-8-20(23)12-15-24(26)19-7-3-5-9-21(28)13-11-19/h4,6,8,10,14,16-17,19,21,24,26H,2-3,5,7,9,11-13,15,28H2,1H3. The summed E-state index contributed by atoms with van der Waals surface area (Å²) in [6.45, 7) is 1.98. The molecule has 2 aromatic carbocycles. The Bertz CT molecular complexity index is 820. The molecule has 0 aromatic heterocycles. The fourth-order valence-electron chi connectivity index (χ4n) is 5.38. The smallest absolute Gasteiger partial charge is 0.127 e. The maximum atomic E-state index is 14.0. The van der Waals surface area contributed by atoms with Crippen LogP contribution in [0.15, 0.2) is 42.5 Å². The van der Waals surface area contributed by atoms with Crippen LogP contribution in [0.1, 0.15) is 74.7 Å². The molecule has 1 fully saturated rings. The zero-order valence-corrected chi connectivity index (χ0v) is 17.6. The van der Waals surface area contributed by atoms with Crippen LogP contribution in [0.25, 0.3) is 0 Å². The zero-order valence-electron chi connectivity index (χ0n) is 17.6. The van der Waals surface area contributed by atoms with Gasteiger partial charge in [0.05, 0.1) is 0 Å². The summed E-state index contributed by atoms with van der Waals surface area (Å²) in [5, 5.41) is 0. The molecular weight excluding hydrogens is 361 g/mol. The van der Waals surface area contributed by atoms with E-state index in [1.165, 1.54) is 36.8 Å². The van der Waals surface area contributed by atoms with E-state index in [-0.39, 0.29) is 11.9 Å². The number of hydrogen-bond acceptors (Lipinski definition) is 2. The SMILES string of the molecule is CCc1cc(OC2c3ccccc3CCC2C2CCCCC(N)CC2)ccc1F. The Balaban J connectivity index is 1.63. The lowest BCUT2D eigenvalue weighted by Crippen LogP contribution is -2.33. The first-order valence-electron chi connectivity index (χ1n) is 11.4. The van der Waals surface area contributed by atoms with Gasteiger partial charge in [-0.3, -0.25) is 0 Å². The molecular formula is C26H34FNO. The Morgan fingerprint density at radius 3 is 2.69 bits per heavy atom. The quantitative estimate of drug-likeness (QED) is 0.653. The van der Waals surface area contributed by atoms with Crippen LogP contribution in [0.4, 0.5) is 4.39 Å². The second-order valence-corrected chi connectivity index (χ2v) is 8.93. The Labute approximate surface area is 174 Å². The van der Waals surface area contributed by atoms with E-state index in [2.05, 4.69) is 24.3 Å². The first-order chi connectivity index (χ1) is 14.2. The predicted octanol–water partition coefficient (Wildman–Crippen LogP) is 6.37. The third-order valence-corrected chi connectivity index (χ3v) is 7.07.